The Morgan fingerprint density at radius 3 is 2.94 bits per heavy atom. The Bertz CT molecular complexity index is 668. The highest BCUT2D eigenvalue weighted by atomic mass is 16.3. The molecule has 0 atom stereocenters. The van der Waals surface area contributed by atoms with Crippen molar-refractivity contribution in [2.45, 2.75) is 6.61 Å². The number of aromatic amines is 1. The first kappa shape index (κ1) is 10.0. The van der Waals surface area contributed by atoms with Crippen LogP contribution in [-0.2, 0) is 13.7 Å². The van der Waals surface area contributed by atoms with E-state index in [-0.39, 0.29) is 6.61 Å². The number of aliphatic hydroxyl groups excluding tert-OH is 1. The monoisotopic (exact) mass is 228 g/mol. The molecule has 2 N–H and O–H groups in total. The Morgan fingerprint density at radius 1 is 1.35 bits per heavy atom. The second-order valence-corrected chi connectivity index (χ2v) is 3.98. The fraction of sp³-hybridized carbons (Fsp3) is 0.167. The van der Waals surface area contributed by atoms with Gasteiger partial charge in [-0.3, -0.25) is 4.68 Å². The van der Waals surface area contributed by atoms with Crippen molar-refractivity contribution in [2.75, 3.05) is 0 Å². The molecule has 0 aliphatic rings. The number of H-pyrrole nitrogens is 1. The minimum absolute atomic E-state index is 0.0725. The molecule has 86 valence electrons. The highest BCUT2D eigenvalue weighted by Crippen LogP contribution is 2.22. The van der Waals surface area contributed by atoms with Crippen LogP contribution in [0.5, 0.6) is 0 Å². The van der Waals surface area contributed by atoms with E-state index < -0.39 is 0 Å². The Balaban J connectivity index is 2.12. The number of rotatable bonds is 2. The topological polar surface area (TPSA) is 66.7 Å². The van der Waals surface area contributed by atoms with Crippen LogP contribution in [0, 0.1) is 0 Å². The number of fused-ring (bicyclic) bond motifs is 1. The van der Waals surface area contributed by atoms with Crippen molar-refractivity contribution >= 4 is 11.0 Å². The third-order valence-corrected chi connectivity index (χ3v) is 2.72. The molecule has 0 saturated heterocycles. The van der Waals surface area contributed by atoms with Crippen molar-refractivity contribution in [3.8, 4) is 11.1 Å². The first-order valence-corrected chi connectivity index (χ1v) is 5.35. The maximum atomic E-state index is 9.02. The second kappa shape index (κ2) is 3.71. The van der Waals surface area contributed by atoms with Gasteiger partial charge in [-0.1, -0.05) is 6.07 Å². The van der Waals surface area contributed by atoms with Crippen molar-refractivity contribution in [3.05, 3.63) is 36.4 Å². The molecule has 0 fully saturated rings. The maximum Gasteiger partial charge on any atom is 0.133 e. The minimum Gasteiger partial charge on any atom is -0.388 e. The lowest BCUT2D eigenvalue weighted by molar-refractivity contribution is 0.273. The third-order valence-electron chi connectivity index (χ3n) is 2.72. The van der Waals surface area contributed by atoms with Crippen LogP contribution >= 0.6 is 0 Å². The van der Waals surface area contributed by atoms with Gasteiger partial charge < -0.3 is 10.1 Å². The van der Waals surface area contributed by atoms with Crippen molar-refractivity contribution in [1.82, 2.24) is 19.7 Å². The number of benzene rings is 1. The van der Waals surface area contributed by atoms with Gasteiger partial charge in [-0.2, -0.15) is 5.10 Å². The number of hydrogen-bond donors (Lipinski definition) is 2. The SMILES string of the molecule is Cn1cc(-c2ccc3nc(CO)[nH]c3c2)cn1. The molecular weight excluding hydrogens is 216 g/mol. The van der Waals surface area contributed by atoms with Crippen molar-refractivity contribution in [3.63, 3.8) is 0 Å². The summed E-state index contributed by atoms with van der Waals surface area (Å²) in [6.45, 7) is -0.0725. The zero-order chi connectivity index (χ0) is 11.8. The summed E-state index contributed by atoms with van der Waals surface area (Å²) >= 11 is 0. The van der Waals surface area contributed by atoms with E-state index in [0.29, 0.717) is 5.82 Å². The van der Waals surface area contributed by atoms with Crippen LogP contribution in [0.2, 0.25) is 0 Å². The van der Waals surface area contributed by atoms with Crippen LogP contribution < -0.4 is 0 Å². The minimum atomic E-state index is -0.0725. The summed E-state index contributed by atoms with van der Waals surface area (Å²) in [6.07, 6.45) is 3.79. The van der Waals surface area contributed by atoms with E-state index in [1.807, 2.05) is 37.6 Å². The largest absolute Gasteiger partial charge is 0.388 e. The van der Waals surface area contributed by atoms with Gasteiger partial charge in [-0.15, -0.1) is 0 Å². The van der Waals surface area contributed by atoms with Crippen LogP contribution in [-0.4, -0.2) is 24.9 Å². The number of aliphatic hydroxyl groups is 1. The van der Waals surface area contributed by atoms with E-state index in [4.69, 9.17) is 5.11 Å². The fourth-order valence-corrected chi connectivity index (χ4v) is 1.89. The molecule has 0 aliphatic carbocycles. The van der Waals surface area contributed by atoms with Gasteiger partial charge in [-0.25, -0.2) is 4.98 Å². The van der Waals surface area contributed by atoms with Crippen molar-refractivity contribution in [1.29, 1.82) is 0 Å². The van der Waals surface area contributed by atoms with Crippen LogP contribution in [0.25, 0.3) is 22.2 Å². The van der Waals surface area contributed by atoms with Gasteiger partial charge in [0.1, 0.15) is 12.4 Å². The van der Waals surface area contributed by atoms with Crippen molar-refractivity contribution in [2.24, 2.45) is 7.05 Å². The van der Waals surface area contributed by atoms with Crippen LogP contribution in [0.4, 0.5) is 0 Å². The number of aryl methyl sites for hydroxylation is 1. The molecule has 5 heteroatoms. The quantitative estimate of drug-likeness (QED) is 0.697. The molecule has 2 aromatic heterocycles. The molecule has 17 heavy (non-hydrogen) atoms. The van der Waals surface area contributed by atoms with Crippen molar-refractivity contribution < 1.29 is 5.11 Å². The summed E-state index contributed by atoms with van der Waals surface area (Å²) in [5.41, 5.74) is 3.94. The Labute approximate surface area is 97.7 Å². The summed E-state index contributed by atoms with van der Waals surface area (Å²) in [7, 11) is 1.89. The number of nitrogens with one attached hydrogen (secondary N) is 1. The molecule has 1 aromatic carbocycles. The number of nitrogens with zero attached hydrogens (tertiary/aromatic N) is 3. The second-order valence-electron chi connectivity index (χ2n) is 3.98. The molecule has 5 nitrogen and oxygen atoms in total. The number of hydrogen-bond acceptors (Lipinski definition) is 3. The van der Waals surface area contributed by atoms with E-state index in [9.17, 15) is 0 Å². The lowest BCUT2D eigenvalue weighted by Gasteiger charge is -1.96. The lowest BCUT2D eigenvalue weighted by atomic mass is 10.1. The van der Waals surface area contributed by atoms with Gasteiger partial charge in [0.2, 0.25) is 0 Å². The van der Waals surface area contributed by atoms with Gasteiger partial charge in [0.25, 0.3) is 0 Å². The number of aromatic nitrogens is 4. The molecule has 0 radical (unpaired) electrons. The van der Waals surface area contributed by atoms with Gasteiger partial charge in [0, 0.05) is 18.8 Å². The molecule has 0 amide bonds. The predicted molar refractivity (Wildman–Crippen MR) is 64.2 cm³/mol. The van der Waals surface area contributed by atoms with E-state index in [1.54, 1.807) is 4.68 Å². The van der Waals surface area contributed by atoms with E-state index in [1.165, 1.54) is 0 Å². The van der Waals surface area contributed by atoms with E-state index in [0.717, 1.165) is 22.2 Å². The van der Waals surface area contributed by atoms with Crippen LogP contribution in [0.3, 0.4) is 0 Å². The standard InChI is InChI=1S/C12H12N4O/c1-16-6-9(5-13-16)8-2-3-10-11(4-8)15-12(7-17)14-10/h2-6,17H,7H2,1H3,(H,14,15). The summed E-state index contributed by atoms with van der Waals surface area (Å²) in [5, 5.41) is 13.2. The molecule has 0 bridgehead atoms. The highest BCUT2D eigenvalue weighted by molar-refractivity contribution is 5.81. The normalized spacial score (nSPS) is 11.2. The summed E-state index contributed by atoms with van der Waals surface area (Å²) in [6, 6.07) is 5.95. The molecular formula is C12H12N4O. The molecule has 0 aliphatic heterocycles. The Hall–Kier alpha value is -2.14. The van der Waals surface area contributed by atoms with E-state index in [2.05, 4.69) is 15.1 Å². The molecule has 2 heterocycles. The summed E-state index contributed by atoms with van der Waals surface area (Å²) in [5.74, 6) is 0.586. The first-order valence-electron chi connectivity index (χ1n) is 5.35. The lowest BCUT2D eigenvalue weighted by Crippen LogP contribution is -1.84. The fourth-order valence-electron chi connectivity index (χ4n) is 1.89. The van der Waals surface area contributed by atoms with Gasteiger partial charge in [0.15, 0.2) is 0 Å². The molecule has 0 unspecified atom stereocenters. The van der Waals surface area contributed by atoms with E-state index >= 15 is 0 Å². The smallest absolute Gasteiger partial charge is 0.133 e. The van der Waals surface area contributed by atoms with Gasteiger partial charge >= 0.3 is 0 Å². The number of imidazole rings is 1. The molecule has 0 saturated carbocycles. The zero-order valence-electron chi connectivity index (χ0n) is 9.38. The molecule has 3 aromatic rings. The Morgan fingerprint density at radius 2 is 2.24 bits per heavy atom. The molecule has 3 rings (SSSR count). The van der Waals surface area contributed by atoms with Gasteiger partial charge in [0.05, 0.1) is 17.2 Å². The zero-order valence-corrected chi connectivity index (χ0v) is 9.38. The summed E-state index contributed by atoms with van der Waals surface area (Å²) < 4.78 is 1.77. The molecule has 0 spiro atoms. The average Bonchev–Trinajstić information content (AvgIpc) is 2.93. The average molecular weight is 228 g/mol. The van der Waals surface area contributed by atoms with Gasteiger partial charge in [-0.05, 0) is 17.7 Å². The van der Waals surface area contributed by atoms with Crippen LogP contribution in [0.1, 0.15) is 5.82 Å². The first-order chi connectivity index (χ1) is 8.26. The summed E-state index contributed by atoms with van der Waals surface area (Å²) in [4.78, 5) is 7.32. The Kier molecular flexibility index (Phi) is 2.19. The highest BCUT2D eigenvalue weighted by Gasteiger charge is 2.05. The maximum absolute atomic E-state index is 9.02. The predicted octanol–water partition coefficient (Wildman–Crippen LogP) is 1.46. The third kappa shape index (κ3) is 1.70. The van der Waals surface area contributed by atoms with Crippen LogP contribution in [0.15, 0.2) is 30.6 Å².